The molecule has 0 saturated carbocycles. The summed E-state index contributed by atoms with van der Waals surface area (Å²) in [7, 11) is 0. The molecule has 3 heterocycles. The molecule has 1 aromatic carbocycles. The lowest BCUT2D eigenvalue weighted by Gasteiger charge is -2.13. The quantitative estimate of drug-likeness (QED) is 0.580. The first kappa shape index (κ1) is 15.9. The highest BCUT2D eigenvalue weighted by Crippen LogP contribution is 2.15. The second-order valence-corrected chi connectivity index (χ2v) is 5.90. The number of aryl methyl sites for hydroxylation is 1. The lowest BCUT2D eigenvalue weighted by Crippen LogP contribution is -2.28. The molecule has 0 fully saturated rings. The molecule has 26 heavy (non-hydrogen) atoms. The molecule has 0 aliphatic rings. The van der Waals surface area contributed by atoms with Gasteiger partial charge in [-0.3, -0.25) is 4.79 Å². The molecule has 1 unspecified atom stereocenters. The average Bonchev–Trinajstić information content (AvgIpc) is 3.27. The number of nitrogens with one attached hydrogen (secondary N) is 2. The summed E-state index contributed by atoms with van der Waals surface area (Å²) in [5.41, 5.74) is 2.56. The Kier molecular flexibility index (Phi) is 3.88. The highest BCUT2D eigenvalue weighted by molar-refractivity contribution is 5.96. The maximum Gasteiger partial charge on any atom is 0.253 e. The maximum absolute atomic E-state index is 12.6. The van der Waals surface area contributed by atoms with Crippen molar-refractivity contribution < 1.29 is 4.79 Å². The zero-order valence-electron chi connectivity index (χ0n) is 14.2. The van der Waals surface area contributed by atoms with Crippen molar-refractivity contribution in [3.63, 3.8) is 0 Å². The Morgan fingerprint density at radius 3 is 2.88 bits per heavy atom. The summed E-state index contributed by atoms with van der Waals surface area (Å²) in [5.74, 6) is 1.03. The Morgan fingerprint density at radius 2 is 2.08 bits per heavy atom. The Hall–Kier alpha value is -3.62. The smallest absolute Gasteiger partial charge is 0.253 e. The lowest BCUT2D eigenvalue weighted by molar-refractivity contribution is 0.0937. The predicted octanol–water partition coefficient (Wildman–Crippen LogP) is 1.73. The number of nitrogens with zero attached hydrogens (tertiary/aromatic N) is 6. The summed E-state index contributed by atoms with van der Waals surface area (Å²) in [4.78, 5) is 24.1. The second-order valence-electron chi connectivity index (χ2n) is 5.90. The van der Waals surface area contributed by atoms with Gasteiger partial charge in [0.15, 0.2) is 11.5 Å². The van der Waals surface area contributed by atoms with Gasteiger partial charge >= 0.3 is 0 Å². The Balaban J connectivity index is 1.57. The predicted molar refractivity (Wildman–Crippen MR) is 93.7 cm³/mol. The fraction of sp³-hybridized carbons (Fsp3) is 0.176. The molecule has 9 nitrogen and oxygen atoms in total. The van der Waals surface area contributed by atoms with E-state index in [0.717, 1.165) is 17.0 Å². The zero-order chi connectivity index (χ0) is 18.1. The minimum absolute atomic E-state index is 0.262. The number of amides is 1. The Morgan fingerprint density at radius 1 is 1.27 bits per heavy atom. The number of rotatable bonds is 4. The minimum Gasteiger partial charge on any atom is -0.342 e. The van der Waals surface area contributed by atoms with E-state index in [1.807, 2.05) is 44.2 Å². The van der Waals surface area contributed by atoms with E-state index in [0.29, 0.717) is 17.0 Å². The van der Waals surface area contributed by atoms with Gasteiger partial charge < -0.3 is 10.3 Å². The summed E-state index contributed by atoms with van der Waals surface area (Å²) in [6.45, 7) is 3.67. The number of aromatic nitrogens is 7. The van der Waals surface area contributed by atoms with Gasteiger partial charge in [0.05, 0.1) is 22.8 Å². The van der Waals surface area contributed by atoms with Crippen LogP contribution in [0.4, 0.5) is 0 Å². The van der Waals surface area contributed by atoms with Crippen LogP contribution in [0.15, 0.2) is 42.6 Å². The van der Waals surface area contributed by atoms with Crippen LogP contribution in [0.25, 0.3) is 16.9 Å². The third-order valence-corrected chi connectivity index (χ3v) is 3.95. The van der Waals surface area contributed by atoms with Crippen LogP contribution in [0.1, 0.15) is 35.0 Å². The van der Waals surface area contributed by atoms with Crippen LogP contribution >= 0.6 is 0 Å². The molecule has 1 atom stereocenters. The zero-order valence-corrected chi connectivity index (χ0v) is 14.2. The molecule has 9 heteroatoms. The van der Waals surface area contributed by atoms with Gasteiger partial charge in [-0.25, -0.2) is 9.97 Å². The number of para-hydroxylation sites is 1. The molecule has 0 saturated heterocycles. The van der Waals surface area contributed by atoms with E-state index in [4.69, 9.17) is 0 Å². The molecule has 130 valence electrons. The van der Waals surface area contributed by atoms with Crippen molar-refractivity contribution in [3.8, 4) is 5.69 Å². The van der Waals surface area contributed by atoms with Gasteiger partial charge in [-0.2, -0.15) is 4.68 Å². The number of imidazole rings is 1. The number of carbonyl (C=O) groups excluding carboxylic acids is 1. The van der Waals surface area contributed by atoms with Crippen molar-refractivity contribution in [3.05, 3.63) is 59.8 Å². The number of aromatic amines is 1. The largest absolute Gasteiger partial charge is 0.342 e. The number of benzene rings is 1. The number of pyridine rings is 1. The first-order valence-electron chi connectivity index (χ1n) is 8.09. The standard InChI is InChI=1S/C17H16N8O/c1-10(16-22-23-24-25(16)13-6-4-3-5-7-13)19-17(26)12-8-14-15(18-9-12)21-11(2)20-14/h3-10H,1-2H3,(H,19,26)(H,18,20,21). The van der Waals surface area contributed by atoms with Crippen molar-refractivity contribution in [1.82, 2.24) is 40.5 Å². The average molecular weight is 348 g/mol. The fourth-order valence-corrected chi connectivity index (χ4v) is 2.71. The third kappa shape index (κ3) is 2.90. The monoisotopic (exact) mass is 348 g/mol. The van der Waals surface area contributed by atoms with E-state index in [1.165, 1.54) is 6.20 Å². The van der Waals surface area contributed by atoms with Crippen LogP contribution < -0.4 is 5.32 Å². The number of fused-ring (bicyclic) bond motifs is 1. The molecule has 3 aromatic heterocycles. The van der Waals surface area contributed by atoms with Crippen molar-refractivity contribution in [1.29, 1.82) is 0 Å². The fourth-order valence-electron chi connectivity index (χ4n) is 2.71. The van der Waals surface area contributed by atoms with Crippen molar-refractivity contribution in [2.45, 2.75) is 19.9 Å². The number of tetrazole rings is 1. The number of hydrogen-bond acceptors (Lipinski definition) is 6. The van der Waals surface area contributed by atoms with Gasteiger partial charge in [0.2, 0.25) is 0 Å². The summed E-state index contributed by atoms with van der Waals surface area (Å²) >= 11 is 0. The van der Waals surface area contributed by atoms with Gasteiger partial charge in [-0.1, -0.05) is 18.2 Å². The van der Waals surface area contributed by atoms with E-state index in [1.54, 1.807) is 10.7 Å². The normalized spacial score (nSPS) is 12.2. The van der Waals surface area contributed by atoms with E-state index >= 15 is 0 Å². The van der Waals surface area contributed by atoms with E-state index in [2.05, 4.69) is 35.8 Å². The second kappa shape index (κ2) is 6.36. The van der Waals surface area contributed by atoms with Gasteiger partial charge in [0, 0.05) is 6.20 Å². The first-order valence-corrected chi connectivity index (χ1v) is 8.09. The summed E-state index contributed by atoms with van der Waals surface area (Å²) in [6.07, 6.45) is 1.50. The Bertz CT molecular complexity index is 1070. The van der Waals surface area contributed by atoms with Crippen LogP contribution in [-0.4, -0.2) is 41.1 Å². The molecular formula is C17H16N8O. The minimum atomic E-state index is -0.392. The maximum atomic E-state index is 12.6. The van der Waals surface area contributed by atoms with Crippen LogP contribution in [0.3, 0.4) is 0 Å². The molecule has 0 spiro atoms. The van der Waals surface area contributed by atoms with Gasteiger partial charge in [-0.05, 0) is 42.5 Å². The van der Waals surface area contributed by atoms with E-state index in [9.17, 15) is 4.79 Å². The lowest BCUT2D eigenvalue weighted by atomic mass is 10.2. The highest BCUT2D eigenvalue weighted by Gasteiger charge is 2.19. The summed E-state index contributed by atoms with van der Waals surface area (Å²) in [5, 5.41) is 14.7. The number of carbonyl (C=O) groups is 1. The summed E-state index contributed by atoms with van der Waals surface area (Å²) < 4.78 is 1.60. The molecule has 0 radical (unpaired) electrons. The highest BCUT2D eigenvalue weighted by atomic mass is 16.1. The van der Waals surface area contributed by atoms with Crippen LogP contribution in [-0.2, 0) is 0 Å². The van der Waals surface area contributed by atoms with Gasteiger partial charge in [0.25, 0.3) is 5.91 Å². The first-order chi connectivity index (χ1) is 12.6. The molecule has 0 aliphatic carbocycles. The Labute approximate surface area is 148 Å². The molecule has 0 bridgehead atoms. The molecule has 2 N–H and O–H groups in total. The third-order valence-electron chi connectivity index (χ3n) is 3.95. The van der Waals surface area contributed by atoms with Gasteiger partial charge in [-0.15, -0.1) is 5.10 Å². The molecule has 0 aliphatic heterocycles. The molecular weight excluding hydrogens is 332 g/mol. The number of hydrogen-bond donors (Lipinski definition) is 2. The van der Waals surface area contributed by atoms with Crippen LogP contribution in [0, 0.1) is 6.92 Å². The summed E-state index contributed by atoms with van der Waals surface area (Å²) in [6, 6.07) is 10.8. The number of H-pyrrole nitrogens is 1. The SMILES string of the molecule is Cc1nc2ncc(C(=O)NC(C)c3nnnn3-c3ccccc3)cc2[nH]1. The van der Waals surface area contributed by atoms with Crippen molar-refractivity contribution in [2.24, 2.45) is 0 Å². The molecule has 4 aromatic rings. The van der Waals surface area contributed by atoms with E-state index < -0.39 is 6.04 Å². The van der Waals surface area contributed by atoms with E-state index in [-0.39, 0.29) is 5.91 Å². The van der Waals surface area contributed by atoms with Crippen molar-refractivity contribution >= 4 is 17.1 Å². The van der Waals surface area contributed by atoms with Crippen LogP contribution in [0.2, 0.25) is 0 Å². The van der Waals surface area contributed by atoms with Crippen molar-refractivity contribution in [2.75, 3.05) is 0 Å². The van der Waals surface area contributed by atoms with Crippen LogP contribution in [0.5, 0.6) is 0 Å². The van der Waals surface area contributed by atoms with Gasteiger partial charge in [0.1, 0.15) is 5.82 Å². The molecule has 4 rings (SSSR count). The topological polar surface area (TPSA) is 114 Å². The molecule has 1 amide bonds.